The lowest BCUT2D eigenvalue weighted by molar-refractivity contribution is 0.469. The maximum Gasteiger partial charge on any atom is 0.256 e. The molecule has 104 valence electrons. The Hall–Kier alpha value is -0.970. The minimum absolute atomic E-state index is 0.0448. The van der Waals surface area contributed by atoms with Crippen molar-refractivity contribution in [3.8, 4) is 0 Å². The Morgan fingerprint density at radius 3 is 2.63 bits per heavy atom. The van der Waals surface area contributed by atoms with Crippen LogP contribution in [0.5, 0.6) is 0 Å². The fourth-order valence-corrected chi connectivity index (χ4v) is 3.96. The topological polar surface area (TPSA) is 57.8 Å². The Morgan fingerprint density at radius 1 is 1.11 bits per heavy atom. The predicted octanol–water partition coefficient (Wildman–Crippen LogP) is 3.04. The molecule has 0 bridgehead atoms. The van der Waals surface area contributed by atoms with Gasteiger partial charge in [-0.25, -0.2) is 4.98 Å². The van der Waals surface area contributed by atoms with Gasteiger partial charge in [-0.1, -0.05) is 32.1 Å². The van der Waals surface area contributed by atoms with Crippen LogP contribution in [0.2, 0.25) is 0 Å². The number of rotatable bonds is 2. The van der Waals surface area contributed by atoms with E-state index in [9.17, 15) is 4.79 Å². The van der Waals surface area contributed by atoms with Crippen molar-refractivity contribution in [3.05, 3.63) is 21.6 Å². The quantitative estimate of drug-likeness (QED) is 0.873. The highest BCUT2D eigenvalue weighted by atomic mass is 32.2. The third-order valence-electron chi connectivity index (χ3n) is 4.03. The molecule has 0 saturated heterocycles. The molecule has 0 unspecified atom stereocenters. The average molecular weight is 279 g/mol. The molecule has 2 heterocycles. The minimum atomic E-state index is 0.0448. The highest BCUT2D eigenvalue weighted by Crippen LogP contribution is 2.26. The first kappa shape index (κ1) is 13.0. The summed E-state index contributed by atoms with van der Waals surface area (Å²) in [6.45, 7) is 0. The fraction of sp³-hybridized carbons (Fsp3) is 0.714. The van der Waals surface area contributed by atoms with Crippen LogP contribution >= 0.6 is 11.8 Å². The number of hydrogen-bond donors (Lipinski definition) is 2. The predicted molar refractivity (Wildman–Crippen MR) is 79.6 cm³/mol. The molecule has 1 aliphatic heterocycles. The van der Waals surface area contributed by atoms with Crippen molar-refractivity contribution in [1.82, 2.24) is 9.97 Å². The summed E-state index contributed by atoms with van der Waals surface area (Å²) in [7, 11) is 0. The normalized spacial score (nSPS) is 20.6. The number of fused-ring (bicyclic) bond motifs is 1. The van der Waals surface area contributed by atoms with Crippen LogP contribution < -0.4 is 10.9 Å². The van der Waals surface area contributed by atoms with E-state index in [4.69, 9.17) is 0 Å². The van der Waals surface area contributed by atoms with Crippen LogP contribution in [0.3, 0.4) is 0 Å². The van der Waals surface area contributed by atoms with Crippen molar-refractivity contribution >= 4 is 17.7 Å². The molecule has 3 rings (SSSR count). The molecular formula is C14H21N3OS. The summed E-state index contributed by atoms with van der Waals surface area (Å²) in [6, 6.07) is 0.468. The molecule has 0 aromatic carbocycles. The Kier molecular flexibility index (Phi) is 4.11. The van der Waals surface area contributed by atoms with E-state index in [1.807, 2.05) is 0 Å². The molecule has 2 N–H and O–H groups in total. The van der Waals surface area contributed by atoms with Crippen LogP contribution in [-0.4, -0.2) is 16.0 Å². The smallest absolute Gasteiger partial charge is 0.256 e. The molecule has 1 fully saturated rings. The average Bonchev–Trinajstić information content (AvgIpc) is 2.81. The Labute approximate surface area is 117 Å². The second kappa shape index (κ2) is 5.99. The molecule has 1 saturated carbocycles. The summed E-state index contributed by atoms with van der Waals surface area (Å²) in [5.41, 5.74) is 1.89. The number of nitrogens with one attached hydrogen (secondary N) is 2. The number of hydrogen-bond acceptors (Lipinski definition) is 4. The van der Waals surface area contributed by atoms with Gasteiger partial charge in [-0.2, -0.15) is 11.8 Å². The second-order valence-electron chi connectivity index (χ2n) is 5.52. The van der Waals surface area contributed by atoms with Crippen molar-refractivity contribution in [2.45, 2.75) is 62.5 Å². The molecule has 2 aliphatic rings. The van der Waals surface area contributed by atoms with Crippen molar-refractivity contribution in [2.75, 3.05) is 5.32 Å². The summed E-state index contributed by atoms with van der Waals surface area (Å²) in [4.78, 5) is 19.4. The van der Waals surface area contributed by atoms with Crippen molar-refractivity contribution in [2.24, 2.45) is 0 Å². The van der Waals surface area contributed by atoms with E-state index in [0.29, 0.717) is 12.0 Å². The molecule has 5 heteroatoms. The second-order valence-corrected chi connectivity index (χ2v) is 6.50. The van der Waals surface area contributed by atoms with E-state index < -0.39 is 0 Å². The van der Waals surface area contributed by atoms with E-state index in [2.05, 4.69) is 15.3 Å². The van der Waals surface area contributed by atoms with Gasteiger partial charge in [0, 0.05) is 23.1 Å². The summed E-state index contributed by atoms with van der Waals surface area (Å²) in [5.74, 6) is 2.36. The Balaban J connectivity index is 1.72. The molecule has 0 radical (unpaired) electrons. The lowest BCUT2D eigenvalue weighted by Crippen LogP contribution is -2.25. The van der Waals surface area contributed by atoms with Gasteiger partial charge in [0.2, 0.25) is 5.95 Å². The van der Waals surface area contributed by atoms with Crippen LogP contribution in [0, 0.1) is 0 Å². The van der Waals surface area contributed by atoms with E-state index in [-0.39, 0.29) is 5.56 Å². The molecule has 4 nitrogen and oxygen atoms in total. The van der Waals surface area contributed by atoms with Crippen LogP contribution in [-0.2, 0) is 11.5 Å². The van der Waals surface area contributed by atoms with Gasteiger partial charge in [0.1, 0.15) is 0 Å². The monoisotopic (exact) mass is 279 g/mol. The zero-order chi connectivity index (χ0) is 13.1. The summed E-state index contributed by atoms with van der Waals surface area (Å²) in [5, 5.41) is 3.44. The molecule has 0 atom stereocenters. The molecule has 0 spiro atoms. The van der Waals surface area contributed by atoms with Crippen molar-refractivity contribution < 1.29 is 0 Å². The Bertz CT molecular complexity index is 492. The standard InChI is InChI=1S/C14H21N3OS/c18-13-11-8-19-9-12(11)16-14(17-13)15-10-6-4-2-1-3-5-7-10/h10H,1-9H2,(H2,15,16,17,18). The van der Waals surface area contributed by atoms with Gasteiger partial charge < -0.3 is 5.32 Å². The first-order valence-corrected chi connectivity index (χ1v) is 8.45. The number of aromatic nitrogens is 2. The van der Waals surface area contributed by atoms with Crippen LogP contribution in [0.1, 0.15) is 56.2 Å². The summed E-state index contributed by atoms with van der Waals surface area (Å²) < 4.78 is 0. The third kappa shape index (κ3) is 3.14. The third-order valence-corrected chi connectivity index (χ3v) is 5.00. The minimum Gasteiger partial charge on any atom is -0.353 e. The summed E-state index contributed by atoms with van der Waals surface area (Å²) in [6.07, 6.45) is 8.99. The SMILES string of the molecule is O=c1[nH]c(NC2CCCCCCC2)nc2c1CSC2. The van der Waals surface area contributed by atoms with Gasteiger partial charge in [-0.15, -0.1) is 0 Å². The number of thioether (sulfide) groups is 1. The molecule has 1 aromatic heterocycles. The van der Waals surface area contributed by atoms with E-state index in [1.165, 1.54) is 44.9 Å². The number of H-pyrrole nitrogens is 1. The largest absolute Gasteiger partial charge is 0.353 e. The van der Waals surface area contributed by atoms with Gasteiger partial charge >= 0.3 is 0 Å². The van der Waals surface area contributed by atoms with Gasteiger partial charge in [0.25, 0.3) is 5.56 Å². The van der Waals surface area contributed by atoms with Crippen LogP contribution in [0.25, 0.3) is 0 Å². The maximum absolute atomic E-state index is 11.9. The highest BCUT2D eigenvalue weighted by Gasteiger charge is 2.19. The van der Waals surface area contributed by atoms with E-state index in [1.54, 1.807) is 11.8 Å². The first-order chi connectivity index (χ1) is 9.33. The first-order valence-electron chi connectivity index (χ1n) is 7.29. The van der Waals surface area contributed by atoms with Crippen LogP contribution in [0.15, 0.2) is 4.79 Å². The van der Waals surface area contributed by atoms with Gasteiger partial charge in [-0.05, 0) is 12.8 Å². The van der Waals surface area contributed by atoms with Crippen LogP contribution in [0.4, 0.5) is 5.95 Å². The maximum atomic E-state index is 11.9. The molecular weight excluding hydrogens is 258 g/mol. The van der Waals surface area contributed by atoms with Gasteiger partial charge in [-0.3, -0.25) is 9.78 Å². The highest BCUT2D eigenvalue weighted by molar-refractivity contribution is 7.98. The van der Waals surface area contributed by atoms with Gasteiger partial charge in [0.15, 0.2) is 0 Å². The lowest BCUT2D eigenvalue weighted by Gasteiger charge is -2.21. The Morgan fingerprint density at radius 2 is 1.84 bits per heavy atom. The van der Waals surface area contributed by atoms with E-state index >= 15 is 0 Å². The number of nitrogens with zero attached hydrogens (tertiary/aromatic N) is 1. The molecule has 0 amide bonds. The fourth-order valence-electron chi connectivity index (χ4n) is 2.92. The number of anilines is 1. The zero-order valence-corrected chi connectivity index (χ0v) is 12.0. The van der Waals surface area contributed by atoms with Gasteiger partial charge in [0.05, 0.1) is 5.69 Å². The molecule has 1 aliphatic carbocycles. The number of aromatic amines is 1. The van der Waals surface area contributed by atoms with Crippen molar-refractivity contribution in [1.29, 1.82) is 0 Å². The molecule has 19 heavy (non-hydrogen) atoms. The van der Waals surface area contributed by atoms with Crippen molar-refractivity contribution in [3.63, 3.8) is 0 Å². The van der Waals surface area contributed by atoms with E-state index in [0.717, 1.165) is 22.8 Å². The molecule has 1 aromatic rings. The lowest BCUT2D eigenvalue weighted by atomic mass is 9.97. The zero-order valence-electron chi connectivity index (χ0n) is 11.2. The summed E-state index contributed by atoms with van der Waals surface area (Å²) >= 11 is 1.77.